The highest BCUT2D eigenvalue weighted by atomic mass is 16.5. The van der Waals surface area contributed by atoms with E-state index in [4.69, 9.17) is 9.84 Å². The Labute approximate surface area is 124 Å². The molecular weight excluding hydrogens is 270 g/mol. The van der Waals surface area contributed by atoms with Gasteiger partial charge in [0.1, 0.15) is 5.75 Å². The highest BCUT2D eigenvalue weighted by Crippen LogP contribution is 2.27. The predicted molar refractivity (Wildman–Crippen MR) is 79.4 cm³/mol. The summed E-state index contributed by atoms with van der Waals surface area (Å²) in [5.74, 6) is -0.0674. The molecule has 21 heavy (non-hydrogen) atoms. The van der Waals surface area contributed by atoms with Gasteiger partial charge in [-0.2, -0.15) is 0 Å². The maximum atomic E-state index is 10.8. The minimum absolute atomic E-state index is 0.0540. The first kappa shape index (κ1) is 15.8. The fraction of sp³-hybridized carbons (Fsp3) is 0.562. The van der Waals surface area contributed by atoms with E-state index in [9.17, 15) is 9.90 Å². The molecule has 0 bridgehead atoms. The molecule has 1 fully saturated rings. The summed E-state index contributed by atoms with van der Waals surface area (Å²) in [6.45, 7) is 2.52. The number of ether oxygens (including phenoxy) is 1. The lowest BCUT2D eigenvalue weighted by atomic mass is 9.98. The van der Waals surface area contributed by atoms with Gasteiger partial charge in [0.25, 0.3) is 0 Å². The lowest BCUT2D eigenvalue weighted by Gasteiger charge is -2.24. The van der Waals surface area contributed by atoms with Crippen molar-refractivity contribution in [3.05, 3.63) is 29.8 Å². The van der Waals surface area contributed by atoms with Crippen LogP contribution in [-0.2, 0) is 4.79 Å². The van der Waals surface area contributed by atoms with Crippen molar-refractivity contribution in [3.8, 4) is 5.75 Å². The van der Waals surface area contributed by atoms with Crippen molar-refractivity contribution >= 4 is 5.97 Å². The highest BCUT2D eigenvalue weighted by molar-refractivity contribution is 5.66. The molecule has 0 aliphatic heterocycles. The Kier molecular flexibility index (Phi) is 5.59. The maximum absolute atomic E-state index is 10.8. The number of rotatable bonds is 9. The number of carbonyl (C=O) groups is 1. The second-order valence-corrected chi connectivity index (χ2v) is 5.43. The molecular formula is C16H23NO4. The van der Waals surface area contributed by atoms with Crippen molar-refractivity contribution in [2.24, 2.45) is 0 Å². The third-order valence-electron chi connectivity index (χ3n) is 3.61. The number of carboxylic acids is 1. The number of nitrogens with one attached hydrogen (secondary N) is 1. The Balaban J connectivity index is 2.00. The van der Waals surface area contributed by atoms with Crippen LogP contribution in [-0.4, -0.2) is 34.9 Å². The van der Waals surface area contributed by atoms with Gasteiger partial charge in [0.05, 0.1) is 12.7 Å². The second kappa shape index (κ2) is 7.43. The van der Waals surface area contributed by atoms with Gasteiger partial charge in [0.2, 0.25) is 0 Å². The average molecular weight is 293 g/mol. The number of benzene rings is 1. The van der Waals surface area contributed by atoms with Gasteiger partial charge in [-0.25, -0.2) is 0 Å². The molecule has 1 aliphatic carbocycles. The van der Waals surface area contributed by atoms with Crippen LogP contribution in [0.5, 0.6) is 5.75 Å². The predicted octanol–water partition coefficient (Wildman–Crippen LogP) is 2.10. The van der Waals surface area contributed by atoms with E-state index in [0.29, 0.717) is 19.1 Å². The molecule has 2 atom stereocenters. The Bertz CT molecular complexity index is 456. The van der Waals surface area contributed by atoms with Crippen molar-refractivity contribution in [2.75, 3.05) is 6.61 Å². The lowest BCUT2D eigenvalue weighted by molar-refractivity contribution is -0.137. The second-order valence-electron chi connectivity index (χ2n) is 5.43. The summed E-state index contributed by atoms with van der Waals surface area (Å²) in [6, 6.07) is 7.50. The normalized spacial score (nSPS) is 17.2. The van der Waals surface area contributed by atoms with Crippen LogP contribution >= 0.6 is 0 Å². The molecule has 0 aromatic heterocycles. The van der Waals surface area contributed by atoms with Crippen LogP contribution in [0.4, 0.5) is 0 Å². The summed E-state index contributed by atoms with van der Waals surface area (Å²) in [7, 11) is 0. The van der Waals surface area contributed by atoms with Gasteiger partial charge in [-0.3, -0.25) is 4.79 Å². The first-order valence-corrected chi connectivity index (χ1v) is 7.48. The van der Waals surface area contributed by atoms with Gasteiger partial charge >= 0.3 is 5.97 Å². The molecule has 1 aromatic carbocycles. The summed E-state index contributed by atoms with van der Waals surface area (Å²) in [5, 5.41) is 22.7. The SMILES string of the molecule is CCOc1ccc(C(O)C(CCC(=O)O)NC2CC2)cc1. The van der Waals surface area contributed by atoms with Gasteiger partial charge in [0, 0.05) is 18.5 Å². The number of aliphatic hydroxyl groups excluding tert-OH is 1. The summed E-state index contributed by atoms with van der Waals surface area (Å²) in [5.41, 5.74) is 0.780. The van der Waals surface area contributed by atoms with Gasteiger partial charge < -0.3 is 20.3 Å². The molecule has 0 spiro atoms. The molecule has 0 saturated heterocycles. The molecule has 116 valence electrons. The number of carboxylic acid groups (broad SMARTS) is 1. The van der Waals surface area contributed by atoms with Crippen molar-refractivity contribution in [1.82, 2.24) is 5.32 Å². The molecule has 3 N–H and O–H groups in total. The van der Waals surface area contributed by atoms with Gasteiger partial charge in [-0.05, 0) is 43.9 Å². The van der Waals surface area contributed by atoms with E-state index in [0.717, 1.165) is 24.2 Å². The molecule has 0 heterocycles. The number of hydrogen-bond acceptors (Lipinski definition) is 4. The molecule has 5 nitrogen and oxygen atoms in total. The van der Waals surface area contributed by atoms with Crippen LogP contribution in [0.25, 0.3) is 0 Å². The van der Waals surface area contributed by atoms with Crippen LogP contribution in [0.1, 0.15) is 44.3 Å². The molecule has 2 rings (SSSR count). The van der Waals surface area contributed by atoms with E-state index in [2.05, 4.69) is 5.32 Å². The summed E-state index contributed by atoms with van der Waals surface area (Å²) in [6.07, 6.45) is 1.96. The third-order valence-corrected chi connectivity index (χ3v) is 3.61. The fourth-order valence-electron chi connectivity index (χ4n) is 2.32. The van der Waals surface area contributed by atoms with Crippen LogP contribution in [0.2, 0.25) is 0 Å². The van der Waals surface area contributed by atoms with Crippen LogP contribution in [0, 0.1) is 0 Å². The van der Waals surface area contributed by atoms with E-state index in [1.54, 1.807) is 0 Å². The standard InChI is InChI=1S/C16H23NO4/c1-2-21-13-7-3-11(4-8-13)16(20)14(9-10-15(18)19)17-12-5-6-12/h3-4,7-8,12,14,16-17,20H,2,5-6,9-10H2,1H3,(H,18,19). The van der Waals surface area contributed by atoms with E-state index in [1.165, 1.54) is 0 Å². The van der Waals surface area contributed by atoms with Gasteiger partial charge in [-0.15, -0.1) is 0 Å². The van der Waals surface area contributed by atoms with Crippen LogP contribution in [0.15, 0.2) is 24.3 Å². The Morgan fingerprint density at radius 2 is 2.05 bits per heavy atom. The average Bonchev–Trinajstić information content (AvgIpc) is 3.28. The van der Waals surface area contributed by atoms with Gasteiger partial charge in [-0.1, -0.05) is 12.1 Å². The molecule has 1 saturated carbocycles. The number of aliphatic hydroxyl groups is 1. The maximum Gasteiger partial charge on any atom is 0.303 e. The monoisotopic (exact) mass is 293 g/mol. The molecule has 1 aliphatic rings. The van der Waals surface area contributed by atoms with Crippen LogP contribution < -0.4 is 10.1 Å². The molecule has 1 aromatic rings. The van der Waals surface area contributed by atoms with Crippen LogP contribution in [0.3, 0.4) is 0 Å². The first-order chi connectivity index (χ1) is 10.1. The molecule has 0 amide bonds. The zero-order chi connectivity index (χ0) is 15.2. The first-order valence-electron chi connectivity index (χ1n) is 7.48. The minimum atomic E-state index is -0.837. The van der Waals surface area contributed by atoms with Crippen molar-refractivity contribution in [1.29, 1.82) is 0 Å². The zero-order valence-corrected chi connectivity index (χ0v) is 12.3. The quantitative estimate of drug-likeness (QED) is 0.650. The molecule has 5 heteroatoms. The van der Waals surface area contributed by atoms with Crippen molar-refractivity contribution in [2.45, 2.75) is 50.8 Å². The number of hydrogen-bond donors (Lipinski definition) is 3. The number of aliphatic carboxylic acids is 1. The topological polar surface area (TPSA) is 78.8 Å². The summed E-state index contributed by atoms with van der Waals surface area (Å²) < 4.78 is 5.38. The zero-order valence-electron chi connectivity index (χ0n) is 12.3. The fourth-order valence-corrected chi connectivity index (χ4v) is 2.32. The Morgan fingerprint density at radius 1 is 1.38 bits per heavy atom. The van der Waals surface area contributed by atoms with Gasteiger partial charge in [0.15, 0.2) is 0 Å². The van der Waals surface area contributed by atoms with Crippen molar-refractivity contribution in [3.63, 3.8) is 0 Å². The van der Waals surface area contributed by atoms with Crippen molar-refractivity contribution < 1.29 is 19.7 Å². The van der Waals surface area contributed by atoms with E-state index in [-0.39, 0.29) is 12.5 Å². The molecule has 0 radical (unpaired) electrons. The minimum Gasteiger partial charge on any atom is -0.494 e. The van der Waals surface area contributed by atoms with E-state index in [1.807, 2.05) is 31.2 Å². The lowest BCUT2D eigenvalue weighted by Crippen LogP contribution is -2.37. The summed E-state index contributed by atoms with van der Waals surface area (Å²) in [4.78, 5) is 10.8. The summed E-state index contributed by atoms with van der Waals surface area (Å²) >= 11 is 0. The Morgan fingerprint density at radius 3 is 2.57 bits per heavy atom. The van der Waals surface area contributed by atoms with E-state index < -0.39 is 12.1 Å². The van der Waals surface area contributed by atoms with E-state index >= 15 is 0 Å². The third kappa shape index (κ3) is 5.02. The highest BCUT2D eigenvalue weighted by Gasteiger charge is 2.29. The largest absolute Gasteiger partial charge is 0.494 e. The smallest absolute Gasteiger partial charge is 0.303 e. The Hall–Kier alpha value is -1.59. The molecule has 2 unspecified atom stereocenters.